The molecule has 1 saturated heterocycles. The molecule has 192 valence electrons. The van der Waals surface area contributed by atoms with E-state index in [1.54, 1.807) is 13.0 Å². The molecular formula is C29H31N3O5. The number of fused-ring (bicyclic) bond motifs is 3. The number of para-hydroxylation sites is 1. The molecule has 1 aliphatic heterocycles. The number of nitrogens with zero attached hydrogens (tertiary/aromatic N) is 1. The fourth-order valence-electron chi connectivity index (χ4n) is 4.36. The summed E-state index contributed by atoms with van der Waals surface area (Å²) in [6, 6.07) is 18.2. The Kier molecular flexibility index (Phi) is 6.95. The first-order valence-electron chi connectivity index (χ1n) is 12.4. The first kappa shape index (κ1) is 24.9. The Morgan fingerprint density at radius 3 is 2.54 bits per heavy atom. The molecule has 8 nitrogen and oxygen atoms in total. The van der Waals surface area contributed by atoms with Gasteiger partial charge in [-0.15, -0.1) is 0 Å². The summed E-state index contributed by atoms with van der Waals surface area (Å²) in [5.41, 5.74) is 3.50. The van der Waals surface area contributed by atoms with Gasteiger partial charge in [-0.05, 0) is 24.6 Å². The molecule has 0 bridgehead atoms. The number of hydrogen-bond acceptors (Lipinski definition) is 6. The van der Waals surface area contributed by atoms with Crippen LogP contribution in [0.2, 0.25) is 0 Å². The highest BCUT2D eigenvalue weighted by molar-refractivity contribution is 6.10. The van der Waals surface area contributed by atoms with Crippen LogP contribution in [0.4, 0.5) is 0 Å². The fraction of sp³-hybridized carbons (Fsp3) is 0.345. The number of aromatic amines is 1. The average molecular weight is 502 g/mol. The Morgan fingerprint density at radius 1 is 1.08 bits per heavy atom. The van der Waals surface area contributed by atoms with Gasteiger partial charge in [0.1, 0.15) is 18.3 Å². The number of esters is 1. The van der Waals surface area contributed by atoms with E-state index in [-0.39, 0.29) is 17.7 Å². The third-order valence-electron chi connectivity index (χ3n) is 6.41. The van der Waals surface area contributed by atoms with Crippen molar-refractivity contribution in [2.75, 3.05) is 13.2 Å². The van der Waals surface area contributed by atoms with Gasteiger partial charge in [-0.3, -0.25) is 4.79 Å². The molecule has 1 aliphatic rings. The number of rotatable bonds is 7. The molecule has 3 heterocycles. The van der Waals surface area contributed by atoms with Gasteiger partial charge in [-0.2, -0.15) is 0 Å². The SMILES string of the molecule is C[C@H](NC(=O)c1cc2c([nH]c3ccccc32)c(CC2OCC(C)(C)CO2)n1)C(=O)OCc1ccccc1. The average Bonchev–Trinajstić information content (AvgIpc) is 3.28. The molecule has 0 saturated carbocycles. The van der Waals surface area contributed by atoms with Crippen LogP contribution in [0.25, 0.3) is 21.8 Å². The van der Waals surface area contributed by atoms with Crippen molar-refractivity contribution < 1.29 is 23.8 Å². The standard InChI is InChI=1S/C29H31N3O5/c1-18(28(34)35-15-19-9-5-4-6-10-19)30-27(33)24-13-21-20-11-7-8-12-22(20)32-26(21)23(31-24)14-25-36-16-29(2,3)17-37-25/h4-13,18,25,32H,14-17H2,1-3H3,(H,30,33)/t18-/m0/s1. The van der Waals surface area contributed by atoms with Crippen molar-refractivity contribution >= 4 is 33.7 Å². The zero-order valence-electron chi connectivity index (χ0n) is 21.2. The van der Waals surface area contributed by atoms with Crippen molar-refractivity contribution in [1.29, 1.82) is 0 Å². The van der Waals surface area contributed by atoms with Gasteiger partial charge in [-0.1, -0.05) is 62.4 Å². The third-order valence-corrected chi connectivity index (χ3v) is 6.41. The summed E-state index contributed by atoms with van der Waals surface area (Å²) in [5, 5.41) is 4.59. The van der Waals surface area contributed by atoms with Crippen molar-refractivity contribution in [3.05, 3.63) is 77.6 Å². The van der Waals surface area contributed by atoms with E-state index >= 15 is 0 Å². The Hall–Kier alpha value is -3.75. The molecule has 0 radical (unpaired) electrons. The summed E-state index contributed by atoms with van der Waals surface area (Å²) in [7, 11) is 0. The van der Waals surface area contributed by atoms with Crippen LogP contribution in [0.3, 0.4) is 0 Å². The molecular weight excluding hydrogens is 470 g/mol. The van der Waals surface area contributed by atoms with E-state index < -0.39 is 24.2 Å². The second-order valence-corrected chi connectivity index (χ2v) is 10.3. The molecule has 1 atom stereocenters. The summed E-state index contributed by atoms with van der Waals surface area (Å²) in [5.74, 6) is -0.971. The number of aromatic nitrogens is 2. The lowest BCUT2D eigenvalue weighted by Crippen LogP contribution is -2.40. The minimum Gasteiger partial charge on any atom is -0.459 e. The lowest BCUT2D eigenvalue weighted by Gasteiger charge is -2.34. The highest BCUT2D eigenvalue weighted by Gasteiger charge is 2.30. The van der Waals surface area contributed by atoms with Crippen molar-refractivity contribution in [2.24, 2.45) is 5.41 Å². The summed E-state index contributed by atoms with van der Waals surface area (Å²) < 4.78 is 17.3. The minimum atomic E-state index is -0.840. The number of nitrogens with one attached hydrogen (secondary N) is 2. The van der Waals surface area contributed by atoms with E-state index in [0.717, 1.165) is 27.4 Å². The molecule has 1 fully saturated rings. The van der Waals surface area contributed by atoms with Gasteiger partial charge >= 0.3 is 5.97 Å². The smallest absolute Gasteiger partial charge is 0.328 e. The number of amides is 1. The number of H-pyrrole nitrogens is 1. The van der Waals surface area contributed by atoms with Gasteiger partial charge in [0.15, 0.2) is 6.29 Å². The van der Waals surface area contributed by atoms with Crippen LogP contribution in [0, 0.1) is 5.41 Å². The van der Waals surface area contributed by atoms with Crippen LogP contribution in [0.15, 0.2) is 60.7 Å². The highest BCUT2D eigenvalue weighted by atomic mass is 16.7. The third kappa shape index (κ3) is 5.65. The number of ether oxygens (including phenoxy) is 3. The van der Waals surface area contributed by atoms with Crippen molar-refractivity contribution in [3.8, 4) is 0 Å². The Bertz CT molecular complexity index is 1420. The topological polar surface area (TPSA) is 103 Å². The zero-order valence-corrected chi connectivity index (χ0v) is 21.2. The van der Waals surface area contributed by atoms with Crippen molar-refractivity contribution in [1.82, 2.24) is 15.3 Å². The molecule has 4 aromatic rings. The predicted molar refractivity (Wildman–Crippen MR) is 140 cm³/mol. The van der Waals surface area contributed by atoms with Gasteiger partial charge in [0.25, 0.3) is 5.91 Å². The second kappa shape index (κ2) is 10.3. The number of carbonyl (C=O) groups excluding carboxylic acids is 2. The quantitative estimate of drug-likeness (QED) is 0.361. The zero-order chi connectivity index (χ0) is 26.0. The van der Waals surface area contributed by atoms with E-state index in [1.165, 1.54) is 0 Å². The first-order chi connectivity index (χ1) is 17.8. The van der Waals surface area contributed by atoms with Crippen LogP contribution >= 0.6 is 0 Å². The predicted octanol–water partition coefficient (Wildman–Crippen LogP) is 4.52. The number of benzene rings is 2. The van der Waals surface area contributed by atoms with E-state index in [4.69, 9.17) is 14.2 Å². The normalized spacial score (nSPS) is 16.5. The van der Waals surface area contributed by atoms with Crippen LogP contribution in [0.5, 0.6) is 0 Å². The lowest BCUT2D eigenvalue weighted by atomic mass is 9.95. The van der Waals surface area contributed by atoms with E-state index in [9.17, 15) is 9.59 Å². The van der Waals surface area contributed by atoms with Crippen LogP contribution in [-0.2, 0) is 32.0 Å². The van der Waals surface area contributed by atoms with E-state index in [1.807, 2.05) is 54.6 Å². The van der Waals surface area contributed by atoms with Crippen LogP contribution < -0.4 is 5.32 Å². The lowest BCUT2D eigenvalue weighted by molar-refractivity contribution is -0.220. The van der Waals surface area contributed by atoms with Crippen molar-refractivity contribution in [3.63, 3.8) is 0 Å². The Labute approximate surface area is 215 Å². The molecule has 2 aromatic carbocycles. The summed E-state index contributed by atoms with van der Waals surface area (Å²) in [6.07, 6.45) is -0.0739. The molecule has 5 rings (SSSR count). The number of carbonyl (C=O) groups is 2. The second-order valence-electron chi connectivity index (χ2n) is 10.3. The Balaban J connectivity index is 1.37. The summed E-state index contributed by atoms with van der Waals surface area (Å²) in [4.78, 5) is 33.8. The monoisotopic (exact) mass is 501 g/mol. The molecule has 8 heteroatoms. The molecule has 0 unspecified atom stereocenters. The van der Waals surface area contributed by atoms with Gasteiger partial charge in [-0.25, -0.2) is 9.78 Å². The maximum absolute atomic E-state index is 13.2. The Morgan fingerprint density at radius 2 is 1.78 bits per heavy atom. The molecule has 2 N–H and O–H groups in total. The maximum Gasteiger partial charge on any atom is 0.328 e. The van der Waals surface area contributed by atoms with Crippen LogP contribution in [0.1, 0.15) is 42.5 Å². The van der Waals surface area contributed by atoms with E-state index in [0.29, 0.717) is 25.3 Å². The molecule has 0 spiro atoms. The maximum atomic E-state index is 13.2. The van der Waals surface area contributed by atoms with Gasteiger partial charge < -0.3 is 24.5 Å². The molecule has 37 heavy (non-hydrogen) atoms. The number of hydrogen-bond donors (Lipinski definition) is 2. The summed E-state index contributed by atoms with van der Waals surface area (Å²) in [6.45, 7) is 7.08. The largest absolute Gasteiger partial charge is 0.459 e. The van der Waals surface area contributed by atoms with Crippen molar-refractivity contribution in [2.45, 2.75) is 46.1 Å². The molecule has 1 amide bonds. The van der Waals surface area contributed by atoms with Gasteiger partial charge in [0.2, 0.25) is 0 Å². The summed E-state index contributed by atoms with van der Waals surface area (Å²) >= 11 is 0. The van der Waals surface area contributed by atoms with Crippen LogP contribution in [-0.4, -0.2) is 47.4 Å². The fourth-order valence-corrected chi connectivity index (χ4v) is 4.36. The molecule has 0 aliphatic carbocycles. The molecule has 2 aromatic heterocycles. The van der Waals surface area contributed by atoms with Gasteiger partial charge in [0, 0.05) is 28.1 Å². The minimum absolute atomic E-state index is 0.0483. The van der Waals surface area contributed by atoms with Gasteiger partial charge in [0.05, 0.1) is 24.4 Å². The first-order valence-corrected chi connectivity index (χ1v) is 12.4. The number of pyridine rings is 1. The highest BCUT2D eigenvalue weighted by Crippen LogP contribution is 2.30. The van der Waals surface area contributed by atoms with E-state index in [2.05, 4.69) is 29.1 Å².